The minimum atomic E-state index is 0.282. The molecule has 1 aromatic carbocycles. The van der Waals surface area contributed by atoms with Crippen LogP contribution >= 0.6 is 0 Å². The van der Waals surface area contributed by atoms with E-state index < -0.39 is 0 Å². The third-order valence-electron chi connectivity index (χ3n) is 3.35. The topological polar surface area (TPSA) is 32.3 Å². The van der Waals surface area contributed by atoms with E-state index in [0.29, 0.717) is 6.42 Å². The van der Waals surface area contributed by atoms with E-state index in [2.05, 4.69) is 37.4 Å². The summed E-state index contributed by atoms with van der Waals surface area (Å²) in [4.78, 5) is 13.8. The van der Waals surface area contributed by atoms with Gasteiger partial charge in [0.15, 0.2) is 0 Å². The zero-order valence-corrected chi connectivity index (χ0v) is 11.3. The van der Waals surface area contributed by atoms with Gasteiger partial charge in [0.05, 0.1) is 0 Å². The van der Waals surface area contributed by atoms with Crippen LogP contribution < -0.4 is 5.32 Å². The molecule has 1 aliphatic rings. The second-order valence-electron chi connectivity index (χ2n) is 5.14. The van der Waals surface area contributed by atoms with E-state index in [4.69, 9.17) is 0 Å². The molecule has 1 N–H and O–H groups in total. The highest BCUT2D eigenvalue weighted by Crippen LogP contribution is 2.14. The van der Waals surface area contributed by atoms with Crippen LogP contribution in [0.2, 0.25) is 0 Å². The maximum Gasteiger partial charge on any atom is 0.224 e. The summed E-state index contributed by atoms with van der Waals surface area (Å²) in [5.74, 6) is 0.282. The van der Waals surface area contributed by atoms with E-state index in [9.17, 15) is 4.79 Å². The van der Waals surface area contributed by atoms with Gasteiger partial charge in [0, 0.05) is 31.7 Å². The Hall–Kier alpha value is -1.51. The predicted molar refractivity (Wildman–Crippen MR) is 74.8 cm³/mol. The number of anilines is 1. The normalized spacial score (nSPS) is 14.9. The van der Waals surface area contributed by atoms with Crippen LogP contribution in [-0.2, 0) is 4.79 Å². The number of carbonyl (C=O) groups excluding carboxylic acids is 1. The third kappa shape index (κ3) is 3.49. The van der Waals surface area contributed by atoms with Gasteiger partial charge in [-0.3, -0.25) is 4.79 Å². The Labute approximate surface area is 109 Å². The van der Waals surface area contributed by atoms with E-state index in [1.54, 1.807) is 0 Å². The molecular formula is C15H22N2O. The number of carbonyl (C=O) groups is 1. The summed E-state index contributed by atoms with van der Waals surface area (Å²) in [5, 5.41) is 3.33. The highest BCUT2D eigenvalue weighted by Gasteiger charge is 2.16. The molecular weight excluding hydrogens is 224 g/mol. The maximum absolute atomic E-state index is 11.9. The fourth-order valence-corrected chi connectivity index (χ4v) is 2.52. The fraction of sp³-hybridized carbons (Fsp3) is 0.533. The molecule has 0 unspecified atom stereocenters. The highest BCUT2D eigenvalue weighted by molar-refractivity contribution is 5.77. The lowest BCUT2D eigenvalue weighted by atomic mass is 10.1. The first-order valence-corrected chi connectivity index (χ1v) is 6.75. The molecule has 3 heteroatoms. The number of nitrogens with one attached hydrogen (secondary N) is 1. The van der Waals surface area contributed by atoms with Gasteiger partial charge in [-0.05, 0) is 49.9 Å². The van der Waals surface area contributed by atoms with Crippen molar-refractivity contribution in [3.8, 4) is 0 Å². The number of nitrogens with zero attached hydrogens (tertiary/aromatic N) is 1. The van der Waals surface area contributed by atoms with Gasteiger partial charge in [0.1, 0.15) is 0 Å². The third-order valence-corrected chi connectivity index (χ3v) is 3.35. The number of rotatable bonds is 4. The Kier molecular flexibility index (Phi) is 4.24. The van der Waals surface area contributed by atoms with Crippen LogP contribution in [0.15, 0.2) is 18.2 Å². The van der Waals surface area contributed by atoms with Gasteiger partial charge < -0.3 is 10.2 Å². The summed E-state index contributed by atoms with van der Waals surface area (Å²) >= 11 is 0. The standard InChI is InChI=1S/C15H22N2O/c1-12-9-13(2)11-14(10-12)16-6-5-15(18)17-7-3-4-8-17/h9-11,16H,3-8H2,1-2H3. The van der Waals surface area contributed by atoms with Crippen LogP contribution in [0.25, 0.3) is 0 Å². The lowest BCUT2D eigenvalue weighted by Crippen LogP contribution is -2.29. The molecule has 0 aromatic heterocycles. The smallest absolute Gasteiger partial charge is 0.224 e. The Morgan fingerprint density at radius 1 is 1.17 bits per heavy atom. The van der Waals surface area contributed by atoms with Crippen molar-refractivity contribution >= 4 is 11.6 Å². The molecule has 98 valence electrons. The summed E-state index contributed by atoms with van der Waals surface area (Å²) in [7, 11) is 0. The molecule has 0 spiro atoms. The molecule has 1 aliphatic heterocycles. The van der Waals surface area contributed by atoms with Gasteiger partial charge in [0.25, 0.3) is 0 Å². The summed E-state index contributed by atoms with van der Waals surface area (Å²) in [6.07, 6.45) is 2.92. The molecule has 18 heavy (non-hydrogen) atoms. The molecule has 0 atom stereocenters. The van der Waals surface area contributed by atoms with Gasteiger partial charge in [-0.15, -0.1) is 0 Å². The quantitative estimate of drug-likeness (QED) is 0.886. The molecule has 1 amide bonds. The van der Waals surface area contributed by atoms with E-state index in [1.807, 2.05) is 4.90 Å². The molecule has 2 rings (SSSR count). The summed E-state index contributed by atoms with van der Waals surface area (Å²) in [6, 6.07) is 6.39. The second kappa shape index (κ2) is 5.89. The van der Waals surface area contributed by atoms with Crippen LogP contribution in [0.1, 0.15) is 30.4 Å². The summed E-state index contributed by atoms with van der Waals surface area (Å²) in [5.41, 5.74) is 3.62. The Morgan fingerprint density at radius 2 is 1.78 bits per heavy atom. The molecule has 0 aliphatic carbocycles. The van der Waals surface area contributed by atoms with Crippen molar-refractivity contribution in [2.75, 3.05) is 25.0 Å². The fourth-order valence-electron chi connectivity index (χ4n) is 2.52. The van der Waals surface area contributed by atoms with Gasteiger partial charge in [-0.2, -0.15) is 0 Å². The van der Waals surface area contributed by atoms with Gasteiger partial charge in [-0.25, -0.2) is 0 Å². The van der Waals surface area contributed by atoms with Crippen LogP contribution in [-0.4, -0.2) is 30.4 Å². The zero-order chi connectivity index (χ0) is 13.0. The van der Waals surface area contributed by atoms with Crippen LogP contribution in [0.5, 0.6) is 0 Å². The van der Waals surface area contributed by atoms with Crippen molar-refractivity contribution in [1.82, 2.24) is 4.90 Å². The Morgan fingerprint density at radius 3 is 2.39 bits per heavy atom. The van der Waals surface area contributed by atoms with Gasteiger partial charge in [0.2, 0.25) is 5.91 Å². The molecule has 1 heterocycles. The van der Waals surface area contributed by atoms with E-state index in [1.165, 1.54) is 11.1 Å². The number of aryl methyl sites for hydroxylation is 2. The van der Waals surface area contributed by atoms with E-state index >= 15 is 0 Å². The Balaban J connectivity index is 1.79. The predicted octanol–water partition coefficient (Wildman–Crippen LogP) is 2.73. The first kappa shape index (κ1) is 12.9. The van der Waals surface area contributed by atoms with Crippen molar-refractivity contribution in [3.63, 3.8) is 0 Å². The van der Waals surface area contributed by atoms with Crippen LogP contribution in [0.3, 0.4) is 0 Å². The number of likely N-dealkylation sites (tertiary alicyclic amines) is 1. The van der Waals surface area contributed by atoms with Crippen molar-refractivity contribution < 1.29 is 4.79 Å². The molecule has 0 bridgehead atoms. The SMILES string of the molecule is Cc1cc(C)cc(NCCC(=O)N2CCCC2)c1. The first-order valence-electron chi connectivity index (χ1n) is 6.75. The number of hydrogen-bond acceptors (Lipinski definition) is 2. The number of hydrogen-bond donors (Lipinski definition) is 1. The molecule has 1 saturated heterocycles. The first-order chi connectivity index (χ1) is 8.65. The van der Waals surface area contributed by atoms with Gasteiger partial charge >= 0.3 is 0 Å². The Bertz CT molecular complexity index is 402. The average Bonchev–Trinajstić information content (AvgIpc) is 2.80. The largest absolute Gasteiger partial charge is 0.385 e. The van der Waals surface area contributed by atoms with E-state index in [0.717, 1.165) is 38.2 Å². The second-order valence-corrected chi connectivity index (χ2v) is 5.14. The minimum absolute atomic E-state index is 0.282. The van der Waals surface area contributed by atoms with Crippen molar-refractivity contribution in [1.29, 1.82) is 0 Å². The maximum atomic E-state index is 11.9. The average molecular weight is 246 g/mol. The lowest BCUT2D eigenvalue weighted by Gasteiger charge is -2.15. The van der Waals surface area contributed by atoms with E-state index in [-0.39, 0.29) is 5.91 Å². The molecule has 1 aromatic rings. The van der Waals surface area contributed by atoms with Crippen LogP contribution in [0, 0.1) is 13.8 Å². The van der Waals surface area contributed by atoms with Gasteiger partial charge in [-0.1, -0.05) is 6.07 Å². The number of benzene rings is 1. The van der Waals surface area contributed by atoms with Crippen molar-refractivity contribution in [2.24, 2.45) is 0 Å². The molecule has 0 radical (unpaired) electrons. The summed E-state index contributed by atoms with van der Waals surface area (Å²) < 4.78 is 0. The monoisotopic (exact) mass is 246 g/mol. The highest BCUT2D eigenvalue weighted by atomic mass is 16.2. The summed E-state index contributed by atoms with van der Waals surface area (Å²) in [6.45, 7) is 6.80. The number of amides is 1. The van der Waals surface area contributed by atoms with Crippen LogP contribution in [0.4, 0.5) is 5.69 Å². The molecule has 3 nitrogen and oxygen atoms in total. The zero-order valence-electron chi connectivity index (χ0n) is 11.3. The minimum Gasteiger partial charge on any atom is -0.385 e. The van der Waals surface area contributed by atoms with Crippen molar-refractivity contribution in [2.45, 2.75) is 33.1 Å². The molecule has 0 saturated carbocycles. The van der Waals surface area contributed by atoms with Crippen molar-refractivity contribution in [3.05, 3.63) is 29.3 Å². The molecule has 1 fully saturated rings. The lowest BCUT2D eigenvalue weighted by molar-refractivity contribution is -0.129.